The van der Waals surface area contributed by atoms with Gasteiger partial charge >= 0.3 is 0 Å². The average molecular weight is 720 g/mol. The molecular formula is C52H33NOS. The van der Waals surface area contributed by atoms with Crippen molar-refractivity contribution in [3.63, 3.8) is 0 Å². The predicted octanol–water partition coefficient (Wildman–Crippen LogP) is 15.6. The lowest BCUT2D eigenvalue weighted by atomic mass is 9.96. The molecule has 0 fully saturated rings. The first-order valence-corrected chi connectivity index (χ1v) is 19.5. The normalized spacial score (nSPS) is 11.6. The van der Waals surface area contributed by atoms with Crippen LogP contribution >= 0.6 is 11.3 Å². The monoisotopic (exact) mass is 719 g/mol. The van der Waals surface area contributed by atoms with E-state index in [1.54, 1.807) is 0 Å². The SMILES string of the molecule is c1cc(-c2ccc(-c3ccc(N(c4cccc5oc6ccccc6c45)c4cccc5sc6ccccc6c45)cc3)cc2)cc(-c2ccc3ccccc3c2)c1. The summed E-state index contributed by atoms with van der Waals surface area (Å²) in [7, 11) is 0. The van der Waals surface area contributed by atoms with Gasteiger partial charge in [0.2, 0.25) is 0 Å². The zero-order valence-electron chi connectivity index (χ0n) is 29.8. The van der Waals surface area contributed by atoms with E-state index < -0.39 is 0 Å². The number of thiophene rings is 1. The highest BCUT2D eigenvalue weighted by Crippen LogP contribution is 2.48. The lowest BCUT2D eigenvalue weighted by Crippen LogP contribution is -2.10. The number of hydrogen-bond acceptors (Lipinski definition) is 3. The van der Waals surface area contributed by atoms with Gasteiger partial charge in [0.1, 0.15) is 11.2 Å². The van der Waals surface area contributed by atoms with Gasteiger partial charge in [-0.25, -0.2) is 0 Å². The topological polar surface area (TPSA) is 16.4 Å². The van der Waals surface area contributed by atoms with Crippen molar-refractivity contribution < 1.29 is 4.42 Å². The molecule has 0 aliphatic carbocycles. The summed E-state index contributed by atoms with van der Waals surface area (Å²) in [6.07, 6.45) is 0. The van der Waals surface area contributed by atoms with Crippen molar-refractivity contribution in [1.29, 1.82) is 0 Å². The number of rotatable bonds is 6. The van der Waals surface area contributed by atoms with Crippen molar-refractivity contribution in [3.8, 4) is 33.4 Å². The molecule has 258 valence electrons. The average Bonchev–Trinajstić information content (AvgIpc) is 3.83. The number of furan rings is 1. The minimum Gasteiger partial charge on any atom is -0.456 e. The van der Waals surface area contributed by atoms with Crippen LogP contribution in [-0.4, -0.2) is 0 Å². The first-order chi connectivity index (χ1) is 27.2. The maximum absolute atomic E-state index is 6.40. The van der Waals surface area contributed by atoms with Gasteiger partial charge in [0, 0.05) is 31.2 Å². The standard InChI is InChI=1S/C52H33NOS/c1-2-11-38-33-41(27-26-34(38)10-1)40-13-7-12-39(32-40)37-24-22-35(23-25-37)36-28-30-42(31-29-36)53(45-16-8-19-48-51(45)43-14-3-5-18-47(43)54-48)46-17-9-21-50-52(46)44-15-4-6-20-49(44)55-50/h1-33H. The second kappa shape index (κ2) is 12.9. The number of hydrogen-bond donors (Lipinski definition) is 0. The summed E-state index contributed by atoms with van der Waals surface area (Å²) in [5.74, 6) is 0. The Bertz CT molecular complexity index is 3090. The molecular weight excluding hydrogens is 687 g/mol. The minimum absolute atomic E-state index is 0.880. The van der Waals surface area contributed by atoms with Crippen molar-refractivity contribution >= 4 is 81.3 Å². The summed E-state index contributed by atoms with van der Waals surface area (Å²) >= 11 is 1.85. The molecule has 0 saturated carbocycles. The minimum atomic E-state index is 0.880. The van der Waals surface area contributed by atoms with E-state index >= 15 is 0 Å². The molecule has 0 amide bonds. The van der Waals surface area contributed by atoms with Crippen molar-refractivity contribution in [2.24, 2.45) is 0 Å². The zero-order chi connectivity index (χ0) is 36.3. The molecule has 9 aromatic carbocycles. The molecule has 0 saturated heterocycles. The summed E-state index contributed by atoms with van der Waals surface area (Å²) in [4.78, 5) is 2.42. The van der Waals surface area contributed by atoms with E-state index in [2.05, 4.69) is 199 Å². The highest BCUT2D eigenvalue weighted by Gasteiger charge is 2.22. The number of fused-ring (bicyclic) bond motifs is 7. The van der Waals surface area contributed by atoms with Crippen molar-refractivity contribution in [3.05, 3.63) is 200 Å². The van der Waals surface area contributed by atoms with Crippen LogP contribution in [0.25, 0.3) is 86.3 Å². The zero-order valence-corrected chi connectivity index (χ0v) is 30.6. The fourth-order valence-corrected chi connectivity index (χ4v) is 9.32. The quantitative estimate of drug-likeness (QED) is 0.170. The van der Waals surface area contributed by atoms with Crippen LogP contribution in [-0.2, 0) is 0 Å². The third kappa shape index (κ3) is 5.40. The molecule has 11 aromatic rings. The van der Waals surface area contributed by atoms with Gasteiger partial charge in [-0.2, -0.15) is 0 Å². The maximum Gasteiger partial charge on any atom is 0.137 e. The second-order valence-electron chi connectivity index (χ2n) is 14.1. The Morgan fingerprint density at radius 2 is 0.891 bits per heavy atom. The Morgan fingerprint density at radius 3 is 1.71 bits per heavy atom. The van der Waals surface area contributed by atoms with Crippen molar-refractivity contribution in [2.45, 2.75) is 0 Å². The molecule has 0 aliphatic heterocycles. The van der Waals surface area contributed by atoms with Gasteiger partial charge < -0.3 is 9.32 Å². The van der Waals surface area contributed by atoms with Crippen LogP contribution in [0.1, 0.15) is 0 Å². The molecule has 11 rings (SSSR count). The van der Waals surface area contributed by atoms with Crippen LogP contribution < -0.4 is 4.90 Å². The van der Waals surface area contributed by atoms with E-state index in [4.69, 9.17) is 4.42 Å². The molecule has 0 aliphatic rings. The predicted molar refractivity (Wildman–Crippen MR) is 235 cm³/mol. The van der Waals surface area contributed by atoms with Crippen LogP contribution in [0.4, 0.5) is 17.1 Å². The van der Waals surface area contributed by atoms with Gasteiger partial charge in [-0.05, 0) is 105 Å². The largest absolute Gasteiger partial charge is 0.456 e. The number of nitrogens with zero attached hydrogens (tertiary/aromatic N) is 1. The van der Waals surface area contributed by atoms with Gasteiger partial charge in [-0.3, -0.25) is 0 Å². The number of anilines is 3. The third-order valence-corrected chi connectivity index (χ3v) is 12.0. The van der Waals surface area contributed by atoms with E-state index in [1.807, 2.05) is 17.4 Å². The molecule has 2 heterocycles. The molecule has 0 spiro atoms. The van der Waals surface area contributed by atoms with Gasteiger partial charge in [0.25, 0.3) is 0 Å². The molecule has 0 unspecified atom stereocenters. The maximum atomic E-state index is 6.40. The first kappa shape index (κ1) is 31.6. The number of benzene rings is 9. The van der Waals surface area contributed by atoms with Crippen LogP contribution in [0.2, 0.25) is 0 Å². The van der Waals surface area contributed by atoms with Gasteiger partial charge in [-0.15, -0.1) is 11.3 Å². The lowest BCUT2D eigenvalue weighted by Gasteiger charge is -2.27. The number of para-hydroxylation sites is 1. The summed E-state index contributed by atoms with van der Waals surface area (Å²) in [5.41, 5.74) is 12.3. The van der Waals surface area contributed by atoms with Gasteiger partial charge in [-0.1, -0.05) is 140 Å². The Kier molecular flexibility index (Phi) is 7.39. The Morgan fingerprint density at radius 1 is 0.345 bits per heavy atom. The summed E-state index contributed by atoms with van der Waals surface area (Å²) < 4.78 is 8.95. The van der Waals surface area contributed by atoms with Crippen LogP contribution in [0.3, 0.4) is 0 Å². The lowest BCUT2D eigenvalue weighted by molar-refractivity contribution is 0.669. The summed E-state index contributed by atoms with van der Waals surface area (Å²) in [5, 5.41) is 7.27. The highest BCUT2D eigenvalue weighted by molar-refractivity contribution is 7.26. The fraction of sp³-hybridized carbons (Fsp3) is 0. The molecule has 0 atom stereocenters. The van der Waals surface area contributed by atoms with Gasteiger partial charge in [0.15, 0.2) is 0 Å². The smallest absolute Gasteiger partial charge is 0.137 e. The second-order valence-corrected chi connectivity index (χ2v) is 15.2. The Balaban J connectivity index is 0.984. The molecule has 0 N–H and O–H groups in total. The first-order valence-electron chi connectivity index (χ1n) is 18.7. The third-order valence-electron chi connectivity index (χ3n) is 10.9. The fourth-order valence-electron chi connectivity index (χ4n) is 8.20. The Labute approximate surface area is 322 Å². The van der Waals surface area contributed by atoms with E-state index in [-0.39, 0.29) is 0 Å². The van der Waals surface area contributed by atoms with Crippen LogP contribution in [0.5, 0.6) is 0 Å². The van der Waals surface area contributed by atoms with E-state index in [1.165, 1.54) is 64.3 Å². The molecule has 3 heteroatoms. The van der Waals surface area contributed by atoms with Gasteiger partial charge in [0.05, 0.1) is 16.8 Å². The van der Waals surface area contributed by atoms with E-state index in [0.717, 1.165) is 39.0 Å². The highest BCUT2D eigenvalue weighted by atomic mass is 32.1. The molecule has 0 radical (unpaired) electrons. The summed E-state index contributed by atoms with van der Waals surface area (Å²) in [6, 6.07) is 72.2. The van der Waals surface area contributed by atoms with E-state index in [0.29, 0.717) is 0 Å². The molecule has 2 nitrogen and oxygen atoms in total. The van der Waals surface area contributed by atoms with Crippen molar-refractivity contribution in [1.82, 2.24) is 0 Å². The van der Waals surface area contributed by atoms with Crippen LogP contribution in [0.15, 0.2) is 205 Å². The van der Waals surface area contributed by atoms with Crippen LogP contribution in [0, 0.1) is 0 Å². The Hall–Kier alpha value is -6.94. The molecule has 2 aromatic heterocycles. The molecule has 55 heavy (non-hydrogen) atoms. The van der Waals surface area contributed by atoms with Crippen molar-refractivity contribution in [2.75, 3.05) is 4.90 Å². The summed E-state index contributed by atoms with van der Waals surface area (Å²) in [6.45, 7) is 0. The molecule has 0 bridgehead atoms. The van der Waals surface area contributed by atoms with E-state index in [9.17, 15) is 0 Å².